The van der Waals surface area contributed by atoms with Crippen LogP contribution in [0.25, 0.3) is 0 Å². The molecule has 1 aliphatic heterocycles. The Balaban J connectivity index is 2.20. The van der Waals surface area contributed by atoms with Crippen LogP contribution in [0.3, 0.4) is 0 Å². The molecule has 0 aliphatic carbocycles. The number of halogens is 1. The number of piperazine rings is 1. The summed E-state index contributed by atoms with van der Waals surface area (Å²) in [5.74, 6) is 0.470. The molecule has 0 atom stereocenters. The highest BCUT2D eigenvalue weighted by Crippen LogP contribution is 1.92. The number of amides is 2. The molecule has 0 aromatic rings. The van der Waals surface area contributed by atoms with Crippen LogP contribution in [0.15, 0.2) is 0 Å². The number of hydrogen-bond acceptors (Lipinski definition) is 2. The summed E-state index contributed by atoms with van der Waals surface area (Å²) >= 11 is 5.44. The van der Waals surface area contributed by atoms with E-state index >= 15 is 0 Å². The maximum Gasteiger partial charge on any atom is 0.317 e. The topological polar surface area (TPSA) is 44.4 Å². The van der Waals surface area contributed by atoms with Crippen molar-refractivity contribution in [3.05, 3.63) is 0 Å². The minimum Gasteiger partial charge on any atom is -0.337 e. The summed E-state index contributed by atoms with van der Waals surface area (Å²) < 4.78 is 0. The van der Waals surface area contributed by atoms with Crippen molar-refractivity contribution in [1.82, 2.24) is 15.5 Å². The van der Waals surface area contributed by atoms with Gasteiger partial charge >= 0.3 is 6.03 Å². The van der Waals surface area contributed by atoms with Crippen molar-refractivity contribution in [2.24, 2.45) is 0 Å². The summed E-state index contributed by atoms with van der Waals surface area (Å²) in [6.07, 6.45) is 0. The number of alkyl halides is 1. The predicted octanol–water partition coefficient (Wildman–Crippen LogP) is -0.160. The van der Waals surface area contributed by atoms with Crippen molar-refractivity contribution in [2.75, 3.05) is 38.6 Å². The van der Waals surface area contributed by atoms with E-state index < -0.39 is 0 Å². The lowest BCUT2D eigenvalue weighted by Gasteiger charge is -2.27. The van der Waals surface area contributed by atoms with Crippen LogP contribution in [0.5, 0.6) is 0 Å². The van der Waals surface area contributed by atoms with E-state index in [1.807, 2.05) is 0 Å². The molecule has 1 rings (SSSR count). The lowest BCUT2D eigenvalue weighted by atomic mass is 10.4. The standard InChI is InChI=1S/C7H14ClN3O/c8-1-2-10-7(12)11-5-3-9-4-6-11/h9H,1-6H2,(H,10,12). The molecular formula is C7H14ClN3O. The second-order valence-electron chi connectivity index (χ2n) is 2.66. The van der Waals surface area contributed by atoms with Crippen LogP contribution < -0.4 is 10.6 Å². The molecule has 0 unspecified atom stereocenters. The third-order valence-electron chi connectivity index (χ3n) is 1.77. The maximum absolute atomic E-state index is 11.3. The summed E-state index contributed by atoms with van der Waals surface area (Å²) in [6, 6.07) is -0.00264. The molecule has 0 radical (unpaired) electrons. The van der Waals surface area contributed by atoms with E-state index in [4.69, 9.17) is 11.6 Å². The molecular weight excluding hydrogens is 178 g/mol. The monoisotopic (exact) mass is 191 g/mol. The normalized spacial score (nSPS) is 17.6. The van der Waals surface area contributed by atoms with Crippen molar-refractivity contribution < 1.29 is 4.79 Å². The highest BCUT2D eigenvalue weighted by molar-refractivity contribution is 6.18. The SMILES string of the molecule is O=C(NCCCl)N1CCNCC1. The average Bonchev–Trinajstić information content (AvgIpc) is 2.15. The van der Waals surface area contributed by atoms with E-state index in [0.717, 1.165) is 26.2 Å². The number of rotatable bonds is 2. The third-order valence-corrected chi connectivity index (χ3v) is 1.96. The van der Waals surface area contributed by atoms with E-state index in [9.17, 15) is 4.79 Å². The lowest BCUT2D eigenvalue weighted by molar-refractivity contribution is 0.191. The fourth-order valence-corrected chi connectivity index (χ4v) is 1.23. The van der Waals surface area contributed by atoms with Gasteiger partial charge in [0, 0.05) is 38.6 Å². The van der Waals surface area contributed by atoms with Crippen LogP contribution >= 0.6 is 11.6 Å². The van der Waals surface area contributed by atoms with Crippen molar-refractivity contribution in [2.45, 2.75) is 0 Å². The van der Waals surface area contributed by atoms with Gasteiger partial charge in [-0.05, 0) is 0 Å². The average molecular weight is 192 g/mol. The molecule has 0 aromatic carbocycles. The summed E-state index contributed by atoms with van der Waals surface area (Å²) in [6.45, 7) is 3.88. The zero-order valence-corrected chi connectivity index (χ0v) is 7.73. The number of nitrogens with one attached hydrogen (secondary N) is 2. The summed E-state index contributed by atoms with van der Waals surface area (Å²) in [4.78, 5) is 13.1. The summed E-state index contributed by atoms with van der Waals surface area (Å²) in [7, 11) is 0. The number of carbonyl (C=O) groups is 1. The van der Waals surface area contributed by atoms with Crippen LogP contribution in [0, 0.1) is 0 Å². The highest BCUT2D eigenvalue weighted by Gasteiger charge is 2.14. The maximum atomic E-state index is 11.3. The van der Waals surface area contributed by atoms with Crippen LogP contribution in [0.2, 0.25) is 0 Å². The number of carbonyl (C=O) groups excluding carboxylic acids is 1. The smallest absolute Gasteiger partial charge is 0.317 e. The van der Waals surface area contributed by atoms with Crippen molar-refractivity contribution in [1.29, 1.82) is 0 Å². The van der Waals surface area contributed by atoms with Crippen molar-refractivity contribution in [3.8, 4) is 0 Å². The van der Waals surface area contributed by atoms with E-state index in [1.165, 1.54) is 0 Å². The van der Waals surface area contributed by atoms with E-state index in [1.54, 1.807) is 4.90 Å². The Morgan fingerprint density at radius 1 is 1.50 bits per heavy atom. The van der Waals surface area contributed by atoms with E-state index in [2.05, 4.69) is 10.6 Å². The Morgan fingerprint density at radius 3 is 2.75 bits per heavy atom. The van der Waals surface area contributed by atoms with Gasteiger partial charge in [-0.25, -0.2) is 4.79 Å². The molecule has 12 heavy (non-hydrogen) atoms. The molecule has 2 N–H and O–H groups in total. The van der Waals surface area contributed by atoms with Gasteiger partial charge < -0.3 is 15.5 Å². The van der Waals surface area contributed by atoms with Crippen LogP contribution in [0.4, 0.5) is 4.79 Å². The molecule has 0 aromatic heterocycles. The zero-order valence-electron chi connectivity index (χ0n) is 6.98. The first-order chi connectivity index (χ1) is 5.84. The lowest BCUT2D eigenvalue weighted by Crippen LogP contribution is -2.50. The quantitative estimate of drug-likeness (QED) is 0.596. The van der Waals surface area contributed by atoms with E-state index in [-0.39, 0.29) is 6.03 Å². The van der Waals surface area contributed by atoms with Crippen LogP contribution in [-0.4, -0.2) is 49.5 Å². The minimum atomic E-state index is -0.00264. The number of hydrogen-bond donors (Lipinski definition) is 2. The summed E-state index contributed by atoms with van der Waals surface area (Å²) in [5, 5.41) is 5.91. The zero-order chi connectivity index (χ0) is 8.81. The Hall–Kier alpha value is -0.480. The van der Waals surface area contributed by atoms with Gasteiger partial charge in [0.15, 0.2) is 0 Å². The molecule has 1 aliphatic rings. The van der Waals surface area contributed by atoms with Gasteiger partial charge in [0.2, 0.25) is 0 Å². The highest BCUT2D eigenvalue weighted by atomic mass is 35.5. The van der Waals surface area contributed by atoms with Crippen molar-refractivity contribution in [3.63, 3.8) is 0 Å². The molecule has 4 nitrogen and oxygen atoms in total. The molecule has 1 heterocycles. The molecule has 1 saturated heterocycles. The van der Waals surface area contributed by atoms with Crippen molar-refractivity contribution >= 4 is 17.6 Å². The first-order valence-corrected chi connectivity index (χ1v) is 4.67. The first kappa shape index (κ1) is 9.61. The summed E-state index contributed by atoms with van der Waals surface area (Å²) in [5.41, 5.74) is 0. The Kier molecular flexibility index (Phi) is 4.18. The molecule has 0 spiro atoms. The molecule has 5 heteroatoms. The fraction of sp³-hybridized carbons (Fsp3) is 0.857. The molecule has 0 bridgehead atoms. The van der Waals surface area contributed by atoms with Crippen LogP contribution in [0.1, 0.15) is 0 Å². The van der Waals surface area contributed by atoms with Gasteiger partial charge in [0.25, 0.3) is 0 Å². The Labute approximate surface area is 77.2 Å². The molecule has 70 valence electrons. The van der Waals surface area contributed by atoms with Gasteiger partial charge in [-0.3, -0.25) is 0 Å². The van der Waals surface area contributed by atoms with Crippen LogP contribution in [-0.2, 0) is 0 Å². The molecule has 0 saturated carbocycles. The Morgan fingerprint density at radius 2 is 2.17 bits per heavy atom. The minimum absolute atomic E-state index is 0.00264. The van der Waals surface area contributed by atoms with Gasteiger partial charge in [-0.2, -0.15) is 0 Å². The fourth-order valence-electron chi connectivity index (χ4n) is 1.13. The molecule has 1 fully saturated rings. The first-order valence-electron chi connectivity index (χ1n) is 4.14. The van der Waals surface area contributed by atoms with Gasteiger partial charge in [-0.1, -0.05) is 0 Å². The van der Waals surface area contributed by atoms with Gasteiger partial charge in [-0.15, -0.1) is 11.6 Å². The van der Waals surface area contributed by atoms with E-state index in [0.29, 0.717) is 12.4 Å². The van der Waals surface area contributed by atoms with Gasteiger partial charge in [0.05, 0.1) is 0 Å². The predicted molar refractivity (Wildman–Crippen MR) is 48.6 cm³/mol. The number of nitrogens with zero attached hydrogens (tertiary/aromatic N) is 1. The Bertz CT molecular complexity index is 148. The van der Waals surface area contributed by atoms with Gasteiger partial charge in [0.1, 0.15) is 0 Å². The third kappa shape index (κ3) is 2.87. The largest absolute Gasteiger partial charge is 0.337 e. The second kappa shape index (κ2) is 5.22. The molecule has 2 amide bonds. The number of urea groups is 1. The second-order valence-corrected chi connectivity index (χ2v) is 3.04.